The van der Waals surface area contributed by atoms with Crippen LogP contribution in [0.15, 0.2) is 18.2 Å². The van der Waals surface area contributed by atoms with Crippen LogP contribution in [0.5, 0.6) is 5.75 Å². The van der Waals surface area contributed by atoms with E-state index in [-0.39, 0.29) is 11.8 Å². The normalized spacial score (nSPS) is 13.5. The van der Waals surface area contributed by atoms with Gasteiger partial charge in [0, 0.05) is 0 Å². The van der Waals surface area contributed by atoms with E-state index in [0.29, 0.717) is 31.0 Å². The van der Waals surface area contributed by atoms with Crippen molar-refractivity contribution in [1.29, 1.82) is 0 Å². The van der Waals surface area contributed by atoms with Gasteiger partial charge in [-0.15, -0.1) is 0 Å². The molecule has 0 fully saturated rings. The minimum Gasteiger partial charge on any atom is -0.493 e. The average Bonchev–Trinajstić information content (AvgIpc) is 2.45. The molecule has 3 nitrogen and oxygen atoms in total. The lowest BCUT2D eigenvalue weighted by molar-refractivity contribution is -0.137. The van der Waals surface area contributed by atoms with E-state index in [4.69, 9.17) is 16.2 Å². The molecule has 1 aromatic rings. The first-order valence-corrected chi connectivity index (χ1v) is 7.09. The van der Waals surface area contributed by atoms with Crippen molar-refractivity contribution in [3.63, 3.8) is 0 Å². The lowest BCUT2D eigenvalue weighted by Gasteiger charge is -2.24. The van der Waals surface area contributed by atoms with Crippen LogP contribution in [0.4, 0.5) is 13.2 Å². The van der Waals surface area contributed by atoms with Crippen molar-refractivity contribution in [3.05, 3.63) is 29.3 Å². The third-order valence-corrected chi connectivity index (χ3v) is 3.60. The number of hydrogen-bond donors (Lipinski definition) is 2. The SMILES string of the molecule is CCCOc1ccc(C(F)(F)F)cc1C(C)C(CN)CN. The Bertz CT molecular complexity index is 445. The maximum absolute atomic E-state index is 12.9. The van der Waals surface area contributed by atoms with Gasteiger partial charge in [0.1, 0.15) is 5.75 Å². The fraction of sp³-hybridized carbons (Fsp3) is 0.600. The summed E-state index contributed by atoms with van der Waals surface area (Å²) in [5, 5.41) is 0. The molecule has 1 atom stereocenters. The van der Waals surface area contributed by atoms with Crippen molar-refractivity contribution < 1.29 is 17.9 Å². The average molecular weight is 304 g/mol. The molecule has 0 amide bonds. The van der Waals surface area contributed by atoms with Gasteiger partial charge in [-0.1, -0.05) is 13.8 Å². The van der Waals surface area contributed by atoms with Gasteiger partial charge in [0.15, 0.2) is 0 Å². The highest BCUT2D eigenvalue weighted by atomic mass is 19.4. The van der Waals surface area contributed by atoms with Gasteiger partial charge in [-0.25, -0.2) is 0 Å². The zero-order chi connectivity index (χ0) is 16.0. The summed E-state index contributed by atoms with van der Waals surface area (Å²) in [5.74, 6) is 0.191. The van der Waals surface area contributed by atoms with Crippen molar-refractivity contribution in [2.24, 2.45) is 17.4 Å². The van der Waals surface area contributed by atoms with Crippen LogP contribution in [-0.2, 0) is 6.18 Å². The molecule has 120 valence electrons. The summed E-state index contributed by atoms with van der Waals surface area (Å²) >= 11 is 0. The van der Waals surface area contributed by atoms with Crippen molar-refractivity contribution >= 4 is 0 Å². The van der Waals surface area contributed by atoms with Gasteiger partial charge in [-0.3, -0.25) is 0 Å². The molecule has 0 bridgehead atoms. The summed E-state index contributed by atoms with van der Waals surface area (Å²) in [6, 6.07) is 3.57. The summed E-state index contributed by atoms with van der Waals surface area (Å²) in [7, 11) is 0. The van der Waals surface area contributed by atoms with Gasteiger partial charge in [0.2, 0.25) is 0 Å². The first-order chi connectivity index (χ1) is 9.85. The number of hydrogen-bond acceptors (Lipinski definition) is 3. The van der Waals surface area contributed by atoms with Crippen LogP contribution >= 0.6 is 0 Å². The highest BCUT2D eigenvalue weighted by Crippen LogP contribution is 2.37. The van der Waals surface area contributed by atoms with Gasteiger partial charge in [0.25, 0.3) is 0 Å². The van der Waals surface area contributed by atoms with E-state index in [9.17, 15) is 13.2 Å². The third kappa shape index (κ3) is 4.61. The Hall–Kier alpha value is -1.27. The molecular formula is C15H23F3N2O. The lowest BCUT2D eigenvalue weighted by Crippen LogP contribution is -2.28. The number of alkyl halides is 3. The zero-order valence-electron chi connectivity index (χ0n) is 12.4. The maximum Gasteiger partial charge on any atom is 0.416 e. The van der Waals surface area contributed by atoms with Crippen molar-refractivity contribution in [2.75, 3.05) is 19.7 Å². The molecule has 1 aromatic carbocycles. The number of ether oxygens (including phenoxy) is 1. The Morgan fingerprint density at radius 2 is 1.81 bits per heavy atom. The molecule has 0 aliphatic heterocycles. The van der Waals surface area contributed by atoms with Crippen LogP contribution in [0.2, 0.25) is 0 Å². The second-order valence-electron chi connectivity index (χ2n) is 5.12. The van der Waals surface area contributed by atoms with E-state index in [1.165, 1.54) is 6.07 Å². The Balaban J connectivity index is 3.21. The minimum absolute atomic E-state index is 0.0857. The molecule has 1 unspecified atom stereocenters. The van der Waals surface area contributed by atoms with Crippen LogP contribution in [0.1, 0.15) is 37.3 Å². The van der Waals surface area contributed by atoms with E-state index in [0.717, 1.165) is 18.6 Å². The first-order valence-electron chi connectivity index (χ1n) is 7.09. The monoisotopic (exact) mass is 304 g/mol. The molecule has 6 heteroatoms. The van der Waals surface area contributed by atoms with E-state index in [1.54, 1.807) is 0 Å². The second kappa shape index (κ2) is 7.66. The lowest BCUT2D eigenvalue weighted by atomic mass is 9.86. The summed E-state index contributed by atoms with van der Waals surface area (Å²) in [4.78, 5) is 0. The Kier molecular flexibility index (Phi) is 6.48. The van der Waals surface area contributed by atoms with E-state index >= 15 is 0 Å². The Labute approximate surface area is 123 Å². The predicted molar refractivity (Wildman–Crippen MR) is 77.2 cm³/mol. The highest BCUT2D eigenvalue weighted by molar-refractivity contribution is 5.41. The predicted octanol–water partition coefficient (Wildman–Crippen LogP) is 3.13. The van der Waals surface area contributed by atoms with Gasteiger partial charge in [0.05, 0.1) is 12.2 Å². The van der Waals surface area contributed by atoms with E-state index in [2.05, 4.69) is 0 Å². The molecule has 0 saturated carbocycles. The molecule has 1 rings (SSSR count). The Morgan fingerprint density at radius 1 is 1.19 bits per heavy atom. The van der Waals surface area contributed by atoms with Gasteiger partial charge < -0.3 is 16.2 Å². The van der Waals surface area contributed by atoms with Gasteiger partial charge >= 0.3 is 6.18 Å². The molecular weight excluding hydrogens is 281 g/mol. The smallest absolute Gasteiger partial charge is 0.416 e. The number of rotatable bonds is 7. The largest absolute Gasteiger partial charge is 0.493 e. The van der Waals surface area contributed by atoms with Gasteiger partial charge in [-0.2, -0.15) is 13.2 Å². The molecule has 0 aliphatic rings. The number of benzene rings is 1. The Morgan fingerprint density at radius 3 is 2.29 bits per heavy atom. The van der Waals surface area contributed by atoms with E-state index in [1.807, 2.05) is 13.8 Å². The fourth-order valence-electron chi connectivity index (χ4n) is 2.18. The highest BCUT2D eigenvalue weighted by Gasteiger charge is 2.32. The second-order valence-corrected chi connectivity index (χ2v) is 5.12. The molecule has 4 N–H and O–H groups in total. The summed E-state index contributed by atoms with van der Waals surface area (Å²) in [5.41, 5.74) is 11.1. The third-order valence-electron chi connectivity index (χ3n) is 3.60. The van der Waals surface area contributed by atoms with Crippen LogP contribution in [-0.4, -0.2) is 19.7 Å². The van der Waals surface area contributed by atoms with Crippen molar-refractivity contribution in [2.45, 2.75) is 32.4 Å². The van der Waals surface area contributed by atoms with Crippen molar-refractivity contribution in [1.82, 2.24) is 0 Å². The maximum atomic E-state index is 12.9. The number of halogens is 3. The summed E-state index contributed by atoms with van der Waals surface area (Å²) in [6.07, 6.45) is -3.59. The molecule has 0 aromatic heterocycles. The molecule has 0 aliphatic carbocycles. The van der Waals surface area contributed by atoms with E-state index < -0.39 is 11.7 Å². The molecule has 0 heterocycles. The standard InChI is InChI=1S/C15H23F3N2O/c1-3-6-21-14-5-4-12(15(16,17)18)7-13(14)10(2)11(8-19)9-20/h4-5,7,10-11H,3,6,8-9,19-20H2,1-2H3. The van der Waals surface area contributed by atoms with Crippen LogP contribution in [0, 0.1) is 5.92 Å². The minimum atomic E-state index is -4.38. The summed E-state index contributed by atoms with van der Waals surface area (Å²) in [6.45, 7) is 4.87. The number of nitrogens with two attached hydrogens (primary N) is 2. The topological polar surface area (TPSA) is 61.3 Å². The fourth-order valence-corrected chi connectivity index (χ4v) is 2.18. The van der Waals surface area contributed by atoms with Crippen LogP contribution < -0.4 is 16.2 Å². The van der Waals surface area contributed by atoms with Crippen LogP contribution in [0.25, 0.3) is 0 Å². The van der Waals surface area contributed by atoms with Gasteiger partial charge in [-0.05, 0) is 55.1 Å². The quantitative estimate of drug-likeness (QED) is 0.813. The molecule has 21 heavy (non-hydrogen) atoms. The zero-order valence-corrected chi connectivity index (χ0v) is 12.4. The molecule has 0 spiro atoms. The molecule has 0 radical (unpaired) electrons. The molecule has 0 saturated heterocycles. The van der Waals surface area contributed by atoms with Crippen LogP contribution in [0.3, 0.4) is 0 Å². The summed E-state index contributed by atoms with van der Waals surface area (Å²) < 4.78 is 44.2. The first kappa shape index (κ1) is 17.8. The van der Waals surface area contributed by atoms with Crippen molar-refractivity contribution in [3.8, 4) is 5.75 Å².